The van der Waals surface area contributed by atoms with Gasteiger partial charge in [0.05, 0.1) is 17.5 Å². The zero-order valence-electron chi connectivity index (χ0n) is 19.1. The molecule has 5 amide bonds. The number of alkyl halides is 1. The third-order valence-corrected chi connectivity index (χ3v) is 7.29. The molecule has 6 rings (SSSR count). The number of hydrogen-bond donors (Lipinski definition) is 2. The van der Waals surface area contributed by atoms with Crippen molar-refractivity contribution in [3.63, 3.8) is 0 Å². The van der Waals surface area contributed by atoms with E-state index in [2.05, 4.69) is 21.7 Å². The minimum absolute atomic E-state index is 0.0269. The number of carbonyl (C=O) groups excluding carboxylic acids is 4. The minimum Gasteiger partial charge on any atom is -0.446 e. The van der Waals surface area contributed by atoms with E-state index < -0.39 is 59.9 Å². The van der Waals surface area contributed by atoms with Crippen LogP contribution in [0.5, 0.6) is 0 Å². The van der Waals surface area contributed by atoms with Crippen LogP contribution in [0.25, 0.3) is 11.0 Å². The number of benzene rings is 1. The third-order valence-electron chi connectivity index (χ3n) is 7.29. The molecule has 4 aliphatic heterocycles. The van der Waals surface area contributed by atoms with Gasteiger partial charge in [-0.05, 0) is 31.9 Å². The SMILES string of the molecule is C#C[C@H]1COC(=O)N1c1noc2cc3c(cc12)CC1(C(=O)NC(=O)NC1=O)[C@H]1[C@H](C)O[C@H](C)C(F)N31. The summed E-state index contributed by atoms with van der Waals surface area (Å²) in [6.45, 7) is 3.17. The molecule has 3 fully saturated rings. The van der Waals surface area contributed by atoms with Crippen LogP contribution in [-0.2, 0) is 25.5 Å². The van der Waals surface area contributed by atoms with Gasteiger partial charge >= 0.3 is 12.1 Å². The van der Waals surface area contributed by atoms with E-state index in [4.69, 9.17) is 20.4 Å². The summed E-state index contributed by atoms with van der Waals surface area (Å²) in [5.74, 6) is 0.860. The molecule has 36 heavy (non-hydrogen) atoms. The van der Waals surface area contributed by atoms with Gasteiger partial charge in [-0.2, -0.15) is 0 Å². The van der Waals surface area contributed by atoms with Crippen molar-refractivity contribution in [3.05, 3.63) is 17.7 Å². The number of nitrogens with zero attached hydrogens (tertiary/aromatic N) is 3. The summed E-state index contributed by atoms with van der Waals surface area (Å²) in [4.78, 5) is 53.3. The number of barbiturate groups is 1. The normalized spacial score (nSPS) is 31.0. The largest absolute Gasteiger partial charge is 0.446 e. The van der Waals surface area contributed by atoms with E-state index in [-0.39, 0.29) is 24.4 Å². The highest BCUT2D eigenvalue weighted by Crippen LogP contribution is 2.50. The number of rotatable bonds is 1. The molecule has 12 nitrogen and oxygen atoms in total. The van der Waals surface area contributed by atoms with Gasteiger partial charge in [0.25, 0.3) is 0 Å². The number of fused-ring (bicyclic) bond motifs is 5. The summed E-state index contributed by atoms with van der Waals surface area (Å²) in [7, 11) is 0. The number of nitrogens with one attached hydrogen (secondary N) is 2. The van der Waals surface area contributed by atoms with Gasteiger partial charge in [0.1, 0.15) is 18.8 Å². The Balaban J connectivity index is 1.57. The lowest BCUT2D eigenvalue weighted by Crippen LogP contribution is -2.76. The van der Waals surface area contributed by atoms with Gasteiger partial charge in [-0.25, -0.2) is 18.9 Å². The Morgan fingerprint density at radius 2 is 1.89 bits per heavy atom. The van der Waals surface area contributed by atoms with Gasteiger partial charge in [-0.15, -0.1) is 6.42 Å². The standard InChI is InChI=1S/C23H20FN5O7/c1-4-12-8-34-22(33)28(12)18-13-5-11-7-23(19(30)25-21(32)26-20(23)31)16-9(2)35-10(3)17(24)29(16)14(11)6-15(13)36-27-18/h1,5-6,9-10,12,16-17H,7-8H2,2-3H3,(H2,25,26,30,31,32)/t9-,10+,12-,16+,17?/m0/s1. The topological polar surface area (TPSA) is 143 Å². The molecule has 5 atom stereocenters. The number of imide groups is 2. The Hall–Kier alpha value is -4.18. The molecule has 0 bridgehead atoms. The Labute approximate surface area is 203 Å². The van der Waals surface area contributed by atoms with E-state index in [9.17, 15) is 19.2 Å². The number of cyclic esters (lactones) is 1. The maximum atomic E-state index is 15.8. The monoisotopic (exact) mass is 497 g/mol. The molecular formula is C23H20FN5O7. The molecular weight excluding hydrogens is 477 g/mol. The first-order valence-electron chi connectivity index (χ1n) is 11.3. The lowest BCUT2D eigenvalue weighted by molar-refractivity contribution is -0.159. The van der Waals surface area contributed by atoms with Crippen LogP contribution in [0, 0.1) is 17.8 Å². The van der Waals surface area contributed by atoms with E-state index in [1.165, 1.54) is 9.80 Å². The van der Waals surface area contributed by atoms with Crippen LogP contribution >= 0.6 is 0 Å². The number of urea groups is 1. The van der Waals surface area contributed by atoms with Gasteiger partial charge in [-0.3, -0.25) is 20.2 Å². The molecule has 0 aliphatic carbocycles. The van der Waals surface area contributed by atoms with Crippen LogP contribution in [0.4, 0.5) is 25.5 Å². The van der Waals surface area contributed by atoms with Crippen LogP contribution in [0.1, 0.15) is 19.4 Å². The van der Waals surface area contributed by atoms with Gasteiger partial charge in [0, 0.05) is 11.8 Å². The zero-order valence-corrected chi connectivity index (χ0v) is 19.1. The second kappa shape index (κ2) is 7.41. The average Bonchev–Trinajstić information content (AvgIpc) is 3.40. The molecule has 2 aromatic rings. The van der Waals surface area contributed by atoms with E-state index in [0.29, 0.717) is 16.6 Å². The van der Waals surface area contributed by atoms with Crippen molar-refractivity contribution in [1.82, 2.24) is 15.8 Å². The minimum atomic E-state index is -1.87. The number of carbonyl (C=O) groups is 4. The number of anilines is 2. The second-order valence-corrected chi connectivity index (χ2v) is 9.27. The van der Waals surface area contributed by atoms with E-state index >= 15 is 4.39 Å². The van der Waals surface area contributed by atoms with Crippen molar-refractivity contribution in [2.75, 3.05) is 16.4 Å². The summed E-state index contributed by atoms with van der Waals surface area (Å²) < 4.78 is 32.0. The molecule has 2 N–H and O–H groups in total. The highest BCUT2D eigenvalue weighted by molar-refractivity contribution is 6.20. The maximum Gasteiger partial charge on any atom is 0.416 e. The van der Waals surface area contributed by atoms with Crippen molar-refractivity contribution in [2.24, 2.45) is 5.41 Å². The van der Waals surface area contributed by atoms with Crippen LogP contribution in [0.15, 0.2) is 16.7 Å². The molecule has 3 saturated heterocycles. The lowest BCUT2D eigenvalue weighted by atomic mass is 9.66. The van der Waals surface area contributed by atoms with E-state index in [1.807, 2.05) is 0 Å². The lowest BCUT2D eigenvalue weighted by Gasteiger charge is -2.56. The number of morpholine rings is 1. The Morgan fingerprint density at radius 3 is 2.58 bits per heavy atom. The predicted octanol–water partition coefficient (Wildman–Crippen LogP) is 0.972. The summed E-state index contributed by atoms with van der Waals surface area (Å²) in [6.07, 6.45) is 1.31. The Morgan fingerprint density at radius 1 is 1.17 bits per heavy atom. The number of amides is 5. The predicted molar refractivity (Wildman–Crippen MR) is 119 cm³/mol. The zero-order chi connectivity index (χ0) is 25.5. The maximum absolute atomic E-state index is 15.8. The van der Waals surface area contributed by atoms with Crippen LogP contribution in [-0.4, -0.2) is 66.3 Å². The second-order valence-electron chi connectivity index (χ2n) is 9.27. The molecule has 186 valence electrons. The van der Waals surface area contributed by atoms with Crippen LogP contribution in [0.3, 0.4) is 0 Å². The van der Waals surface area contributed by atoms with E-state index in [1.54, 1.807) is 26.0 Å². The van der Waals surface area contributed by atoms with Gasteiger partial charge < -0.3 is 18.9 Å². The van der Waals surface area contributed by atoms with Crippen molar-refractivity contribution < 1.29 is 37.6 Å². The molecule has 1 aromatic carbocycles. The van der Waals surface area contributed by atoms with Gasteiger partial charge in [0.2, 0.25) is 11.8 Å². The first kappa shape index (κ1) is 22.3. The van der Waals surface area contributed by atoms with Crippen molar-refractivity contribution in [3.8, 4) is 12.3 Å². The molecule has 0 saturated carbocycles. The molecule has 1 unspecified atom stereocenters. The molecule has 1 spiro atoms. The molecule has 4 aliphatic rings. The van der Waals surface area contributed by atoms with Gasteiger partial charge in [-0.1, -0.05) is 11.1 Å². The van der Waals surface area contributed by atoms with Crippen LogP contribution in [0.2, 0.25) is 0 Å². The van der Waals surface area contributed by atoms with Crippen molar-refractivity contribution in [2.45, 2.75) is 50.9 Å². The molecule has 0 radical (unpaired) electrons. The first-order chi connectivity index (χ1) is 17.2. The summed E-state index contributed by atoms with van der Waals surface area (Å²) in [5.41, 5.74) is -0.841. The summed E-state index contributed by atoms with van der Waals surface area (Å²) in [5, 5.41) is 8.67. The highest BCUT2D eigenvalue weighted by Gasteiger charge is 2.64. The number of aromatic nitrogens is 1. The molecule has 13 heteroatoms. The fourth-order valence-corrected chi connectivity index (χ4v) is 5.74. The molecule has 1 aromatic heterocycles. The highest BCUT2D eigenvalue weighted by atomic mass is 19.1. The first-order valence-corrected chi connectivity index (χ1v) is 11.3. The third kappa shape index (κ3) is 2.75. The van der Waals surface area contributed by atoms with Crippen LogP contribution < -0.4 is 20.4 Å². The number of ether oxygens (including phenoxy) is 2. The Kier molecular flexibility index (Phi) is 4.59. The number of halogens is 1. The average molecular weight is 497 g/mol. The summed E-state index contributed by atoms with van der Waals surface area (Å²) in [6, 6.07) is 0.404. The van der Waals surface area contributed by atoms with Gasteiger partial charge in [0.15, 0.2) is 23.1 Å². The van der Waals surface area contributed by atoms with Crippen molar-refractivity contribution in [1.29, 1.82) is 0 Å². The summed E-state index contributed by atoms with van der Waals surface area (Å²) >= 11 is 0. The van der Waals surface area contributed by atoms with E-state index in [0.717, 1.165) is 0 Å². The number of terminal acetylenes is 1. The smallest absolute Gasteiger partial charge is 0.416 e. The number of hydrogen-bond acceptors (Lipinski definition) is 9. The quantitative estimate of drug-likeness (QED) is 0.335. The fourth-order valence-electron chi connectivity index (χ4n) is 5.74. The fraction of sp³-hybridized carbons (Fsp3) is 0.435. The molecule has 5 heterocycles. The Bertz CT molecular complexity index is 1380. The van der Waals surface area contributed by atoms with Crippen molar-refractivity contribution >= 4 is 46.4 Å².